The maximum absolute atomic E-state index is 12.7. The molecule has 0 aromatic heterocycles. The smallest absolute Gasteiger partial charge is 0.243 e. The van der Waals surface area contributed by atoms with Crippen LogP contribution in [0.4, 0.5) is 0 Å². The van der Waals surface area contributed by atoms with Gasteiger partial charge in [0.2, 0.25) is 23.6 Å². The Labute approximate surface area is 172 Å². The van der Waals surface area contributed by atoms with E-state index in [0.29, 0.717) is 6.42 Å². The van der Waals surface area contributed by atoms with Crippen molar-refractivity contribution in [1.29, 1.82) is 5.26 Å². The lowest BCUT2D eigenvalue weighted by molar-refractivity contribution is -0.133. The van der Waals surface area contributed by atoms with Crippen LogP contribution in [-0.2, 0) is 19.2 Å². The fourth-order valence-corrected chi connectivity index (χ4v) is 2.51. The third-order valence-electron chi connectivity index (χ3n) is 4.15. The second-order valence-corrected chi connectivity index (χ2v) is 7.90. The Bertz CT molecular complexity index is 627. The molecule has 0 aliphatic heterocycles. The van der Waals surface area contributed by atoms with E-state index in [2.05, 4.69) is 16.0 Å². The van der Waals surface area contributed by atoms with Crippen molar-refractivity contribution in [2.75, 3.05) is 0 Å². The molecule has 0 spiro atoms. The highest BCUT2D eigenvalue weighted by Crippen LogP contribution is 2.09. The maximum Gasteiger partial charge on any atom is 0.243 e. The molecule has 10 nitrogen and oxygen atoms in total. The molecule has 0 fully saturated rings. The molecule has 164 valence electrons. The number of primary amides is 1. The molecule has 0 aromatic rings. The monoisotopic (exact) mass is 410 g/mol. The van der Waals surface area contributed by atoms with Crippen molar-refractivity contribution in [2.45, 2.75) is 78.0 Å². The number of nitriles is 1. The Morgan fingerprint density at radius 3 is 1.93 bits per heavy atom. The van der Waals surface area contributed by atoms with Gasteiger partial charge in [-0.25, -0.2) is 0 Å². The molecule has 0 bridgehead atoms. The second kappa shape index (κ2) is 12.7. The Hall–Kier alpha value is -2.67. The molecule has 4 amide bonds. The number of carbonyl (C=O) groups is 4. The third-order valence-corrected chi connectivity index (χ3v) is 4.15. The summed E-state index contributed by atoms with van der Waals surface area (Å²) in [6.45, 7) is 8.81. The van der Waals surface area contributed by atoms with Crippen LogP contribution in [0.25, 0.3) is 0 Å². The fourth-order valence-electron chi connectivity index (χ4n) is 2.51. The lowest BCUT2D eigenvalue weighted by atomic mass is 9.99. The van der Waals surface area contributed by atoms with Gasteiger partial charge in [-0.3, -0.25) is 19.2 Å². The predicted octanol–water partition coefficient (Wildman–Crippen LogP) is -0.721. The first-order chi connectivity index (χ1) is 13.4. The summed E-state index contributed by atoms with van der Waals surface area (Å²) in [5.41, 5.74) is 10.6. The number of hydrogen-bond donors (Lipinski definition) is 5. The van der Waals surface area contributed by atoms with E-state index in [1.54, 1.807) is 13.8 Å². The zero-order valence-electron chi connectivity index (χ0n) is 17.8. The molecule has 0 aliphatic carbocycles. The zero-order valence-corrected chi connectivity index (χ0v) is 17.8. The van der Waals surface area contributed by atoms with Crippen LogP contribution in [0.5, 0.6) is 0 Å². The van der Waals surface area contributed by atoms with E-state index in [1.807, 2.05) is 19.9 Å². The van der Waals surface area contributed by atoms with Crippen LogP contribution in [0.1, 0.15) is 53.9 Å². The van der Waals surface area contributed by atoms with Gasteiger partial charge < -0.3 is 27.4 Å². The van der Waals surface area contributed by atoms with Gasteiger partial charge in [0.1, 0.15) is 18.1 Å². The molecule has 0 saturated carbocycles. The van der Waals surface area contributed by atoms with Gasteiger partial charge in [0.25, 0.3) is 0 Å². The minimum Gasteiger partial charge on any atom is -0.370 e. The molecule has 0 aromatic carbocycles. The molecule has 0 aliphatic rings. The first kappa shape index (κ1) is 26.3. The van der Waals surface area contributed by atoms with Crippen molar-refractivity contribution in [3.05, 3.63) is 0 Å². The van der Waals surface area contributed by atoms with Crippen molar-refractivity contribution in [1.82, 2.24) is 16.0 Å². The number of nitrogens with zero attached hydrogens (tertiary/aromatic N) is 1. The Kier molecular flexibility index (Phi) is 11.6. The first-order valence-electron chi connectivity index (χ1n) is 9.73. The van der Waals surface area contributed by atoms with Crippen molar-refractivity contribution in [3.8, 4) is 6.07 Å². The largest absolute Gasteiger partial charge is 0.370 e. The van der Waals surface area contributed by atoms with Crippen LogP contribution >= 0.6 is 0 Å². The summed E-state index contributed by atoms with van der Waals surface area (Å²) in [6.07, 6.45) is 0.370. The molecule has 10 heteroatoms. The Morgan fingerprint density at radius 2 is 1.52 bits per heavy atom. The summed E-state index contributed by atoms with van der Waals surface area (Å²) in [4.78, 5) is 48.2. The molecule has 0 rings (SSSR count). The molecule has 1 unspecified atom stereocenters. The van der Waals surface area contributed by atoms with E-state index in [0.717, 1.165) is 0 Å². The van der Waals surface area contributed by atoms with Gasteiger partial charge in [-0.1, -0.05) is 27.7 Å². The highest BCUT2D eigenvalue weighted by molar-refractivity contribution is 5.93. The minimum absolute atomic E-state index is 0.0432. The summed E-state index contributed by atoms with van der Waals surface area (Å²) < 4.78 is 0. The van der Waals surface area contributed by atoms with Crippen LogP contribution in [0.2, 0.25) is 0 Å². The van der Waals surface area contributed by atoms with E-state index in [4.69, 9.17) is 11.5 Å². The summed E-state index contributed by atoms with van der Waals surface area (Å²) >= 11 is 0. The number of amides is 4. The summed E-state index contributed by atoms with van der Waals surface area (Å²) in [5.74, 6) is -2.25. The molecule has 0 saturated heterocycles. The normalized spacial score (nSPS) is 15.0. The van der Waals surface area contributed by atoms with E-state index in [9.17, 15) is 24.4 Å². The van der Waals surface area contributed by atoms with Gasteiger partial charge >= 0.3 is 0 Å². The number of hydrogen-bond acceptors (Lipinski definition) is 6. The van der Waals surface area contributed by atoms with Gasteiger partial charge in [-0.2, -0.15) is 5.26 Å². The van der Waals surface area contributed by atoms with Crippen molar-refractivity contribution < 1.29 is 19.2 Å². The molecule has 4 atom stereocenters. The average Bonchev–Trinajstić information content (AvgIpc) is 2.60. The number of carbonyl (C=O) groups excluding carboxylic acids is 4. The van der Waals surface area contributed by atoms with Crippen LogP contribution in [-0.4, -0.2) is 47.8 Å². The van der Waals surface area contributed by atoms with Crippen molar-refractivity contribution in [3.63, 3.8) is 0 Å². The molecule has 29 heavy (non-hydrogen) atoms. The highest BCUT2D eigenvalue weighted by atomic mass is 16.2. The lowest BCUT2D eigenvalue weighted by Crippen LogP contribution is -2.57. The van der Waals surface area contributed by atoms with Gasteiger partial charge in [0.05, 0.1) is 12.1 Å². The number of rotatable bonds is 12. The van der Waals surface area contributed by atoms with Crippen LogP contribution < -0.4 is 27.4 Å². The maximum atomic E-state index is 12.7. The van der Waals surface area contributed by atoms with Gasteiger partial charge in [0.15, 0.2) is 0 Å². The molecule has 0 radical (unpaired) electrons. The van der Waals surface area contributed by atoms with E-state index >= 15 is 0 Å². The van der Waals surface area contributed by atoms with E-state index in [-0.39, 0.29) is 24.7 Å². The molecule has 0 heterocycles. The van der Waals surface area contributed by atoms with Gasteiger partial charge in [0, 0.05) is 6.42 Å². The number of nitrogens with two attached hydrogens (primary N) is 2. The second-order valence-electron chi connectivity index (χ2n) is 7.90. The van der Waals surface area contributed by atoms with Gasteiger partial charge in [-0.05, 0) is 31.6 Å². The Balaban J connectivity index is 5.26. The SMILES string of the molecule is CC(C)C[C@@H](NC(=O)[C@H](NC(=O)[C@@H](C)N)C(C)C)C(=O)NC(C#N)CCC(N)=O. The quantitative estimate of drug-likeness (QED) is 0.283. The zero-order chi connectivity index (χ0) is 22.7. The first-order valence-corrected chi connectivity index (χ1v) is 9.73. The Morgan fingerprint density at radius 1 is 0.931 bits per heavy atom. The molecule has 7 N–H and O–H groups in total. The van der Waals surface area contributed by atoms with Crippen molar-refractivity contribution >= 4 is 23.6 Å². The third kappa shape index (κ3) is 10.4. The topological polar surface area (TPSA) is 180 Å². The average molecular weight is 411 g/mol. The minimum atomic E-state index is -0.903. The van der Waals surface area contributed by atoms with Crippen LogP contribution in [0, 0.1) is 23.2 Å². The lowest BCUT2D eigenvalue weighted by Gasteiger charge is -2.27. The highest BCUT2D eigenvalue weighted by Gasteiger charge is 2.30. The van der Waals surface area contributed by atoms with Crippen LogP contribution in [0.15, 0.2) is 0 Å². The molecular formula is C19H34N6O4. The summed E-state index contributed by atoms with van der Waals surface area (Å²) in [6, 6.07) is -1.54. The fraction of sp³-hybridized carbons (Fsp3) is 0.737. The van der Waals surface area contributed by atoms with E-state index < -0.39 is 47.8 Å². The van der Waals surface area contributed by atoms with Crippen molar-refractivity contribution in [2.24, 2.45) is 23.3 Å². The van der Waals surface area contributed by atoms with Crippen LogP contribution in [0.3, 0.4) is 0 Å². The summed E-state index contributed by atoms with van der Waals surface area (Å²) in [5, 5.41) is 17.0. The predicted molar refractivity (Wildman–Crippen MR) is 108 cm³/mol. The standard InChI is InChI=1S/C19H34N6O4/c1-10(2)8-14(18(28)23-13(9-20)6-7-15(22)26)24-19(29)16(11(3)4)25-17(27)12(5)21/h10-14,16H,6-8,21H2,1-5H3,(H2,22,26)(H,23,28)(H,24,29)(H,25,27)/t12-,13?,14-,16-/m1/s1. The molecular weight excluding hydrogens is 376 g/mol. The van der Waals surface area contributed by atoms with E-state index in [1.165, 1.54) is 6.92 Å². The van der Waals surface area contributed by atoms with Gasteiger partial charge in [-0.15, -0.1) is 0 Å². The summed E-state index contributed by atoms with van der Waals surface area (Å²) in [7, 11) is 0. The number of nitrogens with one attached hydrogen (secondary N) is 3.